The first-order valence-electron chi connectivity index (χ1n) is 6.78. The van der Waals surface area contributed by atoms with Crippen molar-refractivity contribution in [3.63, 3.8) is 0 Å². The fourth-order valence-corrected chi connectivity index (χ4v) is 2.12. The first kappa shape index (κ1) is 16.7. The summed E-state index contributed by atoms with van der Waals surface area (Å²) in [5.41, 5.74) is -0.625. The molecule has 0 amide bonds. The Balaban J connectivity index is 2.41. The lowest BCUT2D eigenvalue weighted by atomic mass is 10.0. The number of aromatic amines is 1. The number of carbonyl (C=O) groups is 2. The van der Waals surface area contributed by atoms with Crippen molar-refractivity contribution in [1.82, 2.24) is 4.98 Å². The number of ether oxygens (including phenoxy) is 1. The Morgan fingerprint density at radius 1 is 1.30 bits per heavy atom. The molecule has 0 radical (unpaired) electrons. The van der Waals surface area contributed by atoms with Crippen LogP contribution in [0.4, 0.5) is 0 Å². The standard InChI is InChI=1S/C15H15NO7/c1-2-23-15(22)13(19)11(17)7-3-4-8-10(5-7)16-6-9(12(8)18)14(20)21/h3-6,11,13,17,19H,2H2,1H3,(H,16,18)(H,20,21). The first-order chi connectivity index (χ1) is 10.9. The number of benzene rings is 1. The molecular formula is C15H15NO7. The topological polar surface area (TPSA) is 137 Å². The van der Waals surface area contributed by atoms with Gasteiger partial charge in [-0.25, -0.2) is 9.59 Å². The van der Waals surface area contributed by atoms with Crippen molar-refractivity contribution in [2.75, 3.05) is 6.61 Å². The van der Waals surface area contributed by atoms with Crippen molar-refractivity contribution in [2.45, 2.75) is 19.1 Å². The number of aliphatic hydroxyl groups excluding tert-OH is 2. The van der Waals surface area contributed by atoms with Gasteiger partial charge in [-0.15, -0.1) is 0 Å². The number of pyridine rings is 1. The predicted octanol–water partition coefficient (Wildman–Crippen LogP) is 0.184. The molecule has 0 aliphatic carbocycles. The zero-order valence-corrected chi connectivity index (χ0v) is 12.1. The smallest absolute Gasteiger partial charge is 0.341 e. The zero-order chi connectivity index (χ0) is 17.1. The molecule has 1 aromatic heterocycles. The molecule has 0 saturated heterocycles. The van der Waals surface area contributed by atoms with Crippen LogP contribution in [-0.4, -0.2) is 45.0 Å². The summed E-state index contributed by atoms with van der Waals surface area (Å²) in [5, 5.41) is 28.8. The van der Waals surface area contributed by atoms with Crippen molar-refractivity contribution in [2.24, 2.45) is 0 Å². The van der Waals surface area contributed by atoms with Crippen LogP contribution in [0.5, 0.6) is 0 Å². The van der Waals surface area contributed by atoms with E-state index < -0.39 is 35.1 Å². The van der Waals surface area contributed by atoms with E-state index in [4.69, 9.17) is 5.11 Å². The molecule has 2 rings (SSSR count). The molecule has 23 heavy (non-hydrogen) atoms. The lowest BCUT2D eigenvalue weighted by Crippen LogP contribution is -2.30. The second kappa shape index (κ2) is 6.59. The average Bonchev–Trinajstić information content (AvgIpc) is 2.53. The molecule has 0 bridgehead atoms. The van der Waals surface area contributed by atoms with Crippen molar-refractivity contribution >= 4 is 22.8 Å². The maximum Gasteiger partial charge on any atom is 0.341 e. The second-order valence-electron chi connectivity index (χ2n) is 4.78. The van der Waals surface area contributed by atoms with E-state index in [1.165, 1.54) is 18.2 Å². The normalized spacial score (nSPS) is 13.5. The molecule has 2 atom stereocenters. The van der Waals surface area contributed by atoms with Crippen LogP contribution >= 0.6 is 0 Å². The highest BCUT2D eigenvalue weighted by atomic mass is 16.5. The fourth-order valence-electron chi connectivity index (χ4n) is 2.12. The molecular weight excluding hydrogens is 306 g/mol. The summed E-state index contributed by atoms with van der Waals surface area (Å²) >= 11 is 0. The summed E-state index contributed by atoms with van der Waals surface area (Å²) in [6.45, 7) is 1.63. The zero-order valence-electron chi connectivity index (χ0n) is 12.1. The van der Waals surface area contributed by atoms with E-state index in [1.54, 1.807) is 6.92 Å². The molecule has 2 aromatic rings. The number of H-pyrrole nitrogens is 1. The Bertz CT molecular complexity index is 811. The Morgan fingerprint density at radius 3 is 2.61 bits per heavy atom. The van der Waals surface area contributed by atoms with Gasteiger partial charge in [0.05, 0.1) is 6.61 Å². The molecule has 8 heteroatoms. The van der Waals surface area contributed by atoms with Crippen molar-refractivity contribution in [3.05, 3.63) is 45.7 Å². The Labute approximate surface area is 130 Å². The van der Waals surface area contributed by atoms with Crippen LogP contribution in [-0.2, 0) is 9.53 Å². The molecule has 1 aromatic carbocycles. The van der Waals surface area contributed by atoms with Gasteiger partial charge >= 0.3 is 11.9 Å². The summed E-state index contributed by atoms with van der Waals surface area (Å²) in [4.78, 5) is 37.0. The second-order valence-corrected chi connectivity index (χ2v) is 4.78. The molecule has 0 aliphatic heterocycles. The third-order valence-corrected chi connectivity index (χ3v) is 3.30. The molecule has 0 fully saturated rings. The summed E-state index contributed by atoms with van der Waals surface area (Å²) in [6.07, 6.45) is -2.26. The fraction of sp³-hybridized carbons (Fsp3) is 0.267. The van der Waals surface area contributed by atoms with Crippen molar-refractivity contribution in [1.29, 1.82) is 0 Å². The van der Waals surface area contributed by atoms with Crippen LogP contribution in [0.15, 0.2) is 29.2 Å². The van der Waals surface area contributed by atoms with Crippen LogP contribution in [0.1, 0.15) is 28.9 Å². The maximum absolute atomic E-state index is 12.0. The minimum absolute atomic E-state index is 0.0611. The third-order valence-electron chi connectivity index (χ3n) is 3.30. The predicted molar refractivity (Wildman–Crippen MR) is 79.1 cm³/mol. The molecule has 0 saturated carbocycles. The van der Waals surface area contributed by atoms with E-state index in [1.807, 2.05) is 0 Å². The number of hydrogen-bond acceptors (Lipinski definition) is 6. The molecule has 4 N–H and O–H groups in total. The van der Waals surface area contributed by atoms with Gasteiger partial charge in [0.25, 0.3) is 0 Å². The highest BCUT2D eigenvalue weighted by Gasteiger charge is 2.27. The quantitative estimate of drug-likeness (QED) is 0.577. The molecule has 2 unspecified atom stereocenters. The van der Waals surface area contributed by atoms with Gasteiger partial charge in [-0.1, -0.05) is 6.07 Å². The number of esters is 1. The number of rotatable bonds is 5. The van der Waals surface area contributed by atoms with E-state index in [2.05, 4.69) is 9.72 Å². The number of nitrogens with one attached hydrogen (secondary N) is 1. The van der Waals surface area contributed by atoms with Crippen LogP contribution in [0.25, 0.3) is 10.9 Å². The SMILES string of the molecule is CCOC(=O)C(O)C(O)c1ccc2c(=O)c(C(=O)O)c[nH]c2c1. The lowest BCUT2D eigenvalue weighted by Gasteiger charge is -2.17. The lowest BCUT2D eigenvalue weighted by molar-refractivity contribution is -0.159. The Kier molecular flexibility index (Phi) is 4.77. The van der Waals surface area contributed by atoms with E-state index in [0.29, 0.717) is 0 Å². The Hall–Kier alpha value is -2.71. The highest BCUT2D eigenvalue weighted by Crippen LogP contribution is 2.21. The van der Waals surface area contributed by atoms with Crippen molar-refractivity contribution < 1.29 is 29.6 Å². The van der Waals surface area contributed by atoms with Gasteiger partial charge in [0.2, 0.25) is 5.43 Å². The molecule has 0 spiro atoms. The van der Waals surface area contributed by atoms with Gasteiger partial charge in [0.15, 0.2) is 6.10 Å². The van der Waals surface area contributed by atoms with Crippen LogP contribution in [0.3, 0.4) is 0 Å². The highest BCUT2D eigenvalue weighted by molar-refractivity contribution is 5.92. The Morgan fingerprint density at radius 2 is 2.00 bits per heavy atom. The number of hydrogen-bond donors (Lipinski definition) is 4. The minimum atomic E-state index is -1.77. The largest absolute Gasteiger partial charge is 0.477 e. The van der Waals surface area contributed by atoms with Gasteiger partial charge in [-0.2, -0.15) is 0 Å². The summed E-state index contributed by atoms with van der Waals surface area (Å²) < 4.78 is 4.62. The van der Waals surface area contributed by atoms with Gasteiger partial charge in [-0.3, -0.25) is 4.79 Å². The van der Waals surface area contributed by atoms with Crippen LogP contribution in [0, 0.1) is 0 Å². The number of carbonyl (C=O) groups excluding carboxylic acids is 1. The van der Waals surface area contributed by atoms with E-state index in [9.17, 15) is 24.6 Å². The van der Waals surface area contributed by atoms with Gasteiger partial charge in [0, 0.05) is 17.1 Å². The van der Waals surface area contributed by atoms with Gasteiger partial charge in [0.1, 0.15) is 11.7 Å². The molecule has 0 aliphatic rings. The summed E-state index contributed by atoms with van der Waals surface area (Å²) in [6, 6.07) is 4.00. The summed E-state index contributed by atoms with van der Waals surface area (Å²) in [5.74, 6) is -2.31. The third kappa shape index (κ3) is 3.22. The van der Waals surface area contributed by atoms with Crippen molar-refractivity contribution in [3.8, 4) is 0 Å². The van der Waals surface area contributed by atoms with E-state index >= 15 is 0 Å². The van der Waals surface area contributed by atoms with Crippen LogP contribution < -0.4 is 5.43 Å². The summed E-state index contributed by atoms with van der Waals surface area (Å²) in [7, 11) is 0. The molecule has 122 valence electrons. The maximum atomic E-state index is 12.0. The van der Waals surface area contributed by atoms with Crippen LogP contribution in [0.2, 0.25) is 0 Å². The molecule has 8 nitrogen and oxygen atoms in total. The number of aromatic nitrogens is 1. The number of fused-ring (bicyclic) bond motifs is 1. The van der Waals surface area contributed by atoms with E-state index in [-0.39, 0.29) is 23.1 Å². The number of carboxylic acids is 1. The van der Waals surface area contributed by atoms with Gasteiger partial charge < -0.3 is 25.0 Å². The number of aliphatic hydroxyl groups is 2. The minimum Gasteiger partial charge on any atom is -0.477 e. The first-order valence-corrected chi connectivity index (χ1v) is 6.78. The number of carboxylic acid groups (broad SMARTS) is 1. The number of aromatic carboxylic acids is 1. The van der Waals surface area contributed by atoms with Gasteiger partial charge in [-0.05, 0) is 24.6 Å². The molecule has 1 heterocycles. The average molecular weight is 321 g/mol. The van der Waals surface area contributed by atoms with E-state index in [0.717, 1.165) is 6.20 Å². The monoisotopic (exact) mass is 321 g/mol.